The average Bonchev–Trinajstić information content (AvgIpc) is 3.93. The van der Waals surface area contributed by atoms with Crippen LogP contribution in [-0.2, 0) is 37.2 Å². The van der Waals surface area contributed by atoms with Gasteiger partial charge in [0.05, 0.1) is 30.9 Å². The fourth-order valence-electron chi connectivity index (χ4n) is 9.36. The minimum Gasteiger partial charge on any atom is -0.508 e. The molecule has 60 heavy (non-hydrogen) atoms. The molecule has 1 saturated heterocycles. The molecule has 0 spiro atoms. The predicted octanol–water partition coefficient (Wildman–Crippen LogP) is 8.34. The Kier molecular flexibility index (Phi) is 10.3. The summed E-state index contributed by atoms with van der Waals surface area (Å²) in [6.07, 6.45) is 3.39. The van der Waals surface area contributed by atoms with Crippen molar-refractivity contribution in [1.82, 2.24) is 14.4 Å². The minimum atomic E-state index is -0.144. The number of aromatic nitrogens is 1. The standard InChI is InChI=1S/C50H48N4O6/c55-41-18-16-39(17-19-41)53(30-34-9-8-14-36(25-34)35-10-2-1-3-11-35)50(57)44-27-46(52-20-7-6-15-45(44)52)42-28-47-48(60-33-59-47)29-43(42)49(56)54-31-38-13-5-4-12-37(38)26-40(54)32-51-21-23-58-24-22-51/h1-5,8-14,16-19,25,27-29,40,55H,6-7,15,20-24,26,30-33H2/t40-/m0/s1. The van der Waals surface area contributed by atoms with Gasteiger partial charge in [0.15, 0.2) is 11.5 Å². The minimum absolute atomic E-state index is 0.0404. The van der Waals surface area contributed by atoms with E-state index in [9.17, 15) is 5.11 Å². The Labute approximate surface area is 350 Å². The first-order valence-electron chi connectivity index (χ1n) is 21.1. The van der Waals surface area contributed by atoms with Gasteiger partial charge in [-0.3, -0.25) is 14.5 Å². The second-order valence-electron chi connectivity index (χ2n) is 16.2. The van der Waals surface area contributed by atoms with Gasteiger partial charge in [-0.05, 0) is 102 Å². The van der Waals surface area contributed by atoms with Gasteiger partial charge < -0.3 is 33.7 Å². The molecule has 5 aromatic carbocycles. The molecule has 5 heterocycles. The maximum atomic E-state index is 15.3. The highest BCUT2D eigenvalue weighted by Gasteiger charge is 2.36. The molecular formula is C50H48N4O6. The zero-order valence-electron chi connectivity index (χ0n) is 33.6. The molecule has 4 aliphatic rings. The smallest absolute Gasteiger partial charge is 0.260 e. The normalized spacial score (nSPS) is 17.2. The molecule has 304 valence electrons. The van der Waals surface area contributed by atoms with Gasteiger partial charge in [0, 0.05) is 61.4 Å². The van der Waals surface area contributed by atoms with E-state index >= 15 is 9.59 Å². The highest BCUT2D eigenvalue weighted by atomic mass is 16.7. The number of carbonyl (C=O) groups is 2. The lowest BCUT2D eigenvalue weighted by Gasteiger charge is -2.40. The fraction of sp³-hybridized carbons (Fsp3) is 0.280. The molecule has 6 aromatic rings. The monoisotopic (exact) mass is 800 g/mol. The summed E-state index contributed by atoms with van der Waals surface area (Å²) in [4.78, 5) is 36.8. The van der Waals surface area contributed by atoms with Crippen LogP contribution in [0.1, 0.15) is 55.9 Å². The molecule has 1 fully saturated rings. The molecular weight excluding hydrogens is 753 g/mol. The number of aromatic hydroxyl groups is 1. The van der Waals surface area contributed by atoms with Crippen LogP contribution < -0.4 is 14.4 Å². The van der Waals surface area contributed by atoms with Crippen LogP contribution in [0.15, 0.2) is 121 Å². The van der Waals surface area contributed by atoms with Crippen LogP contribution in [0.2, 0.25) is 0 Å². The number of phenols is 1. The summed E-state index contributed by atoms with van der Waals surface area (Å²) in [7, 11) is 0. The van der Waals surface area contributed by atoms with Crippen molar-refractivity contribution in [3.63, 3.8) is 0 Å². The topological polar surface area (TPSA) is 96.7 Å². The van der Waals surface area contributed by atoms with Gasteiger partial charge >= 0.3 is 0 Å². The second kappa shape index (κ2) is 16.4. The number of hydrogen-bond donors (Lipinski definition) is 1. The van der Waals surface area contributed by atoms with Gasteiger partial charge in [0.25, 0.3) is 11.8 Å². The average molecular weight is 801 g/mol. The van der Waals surface area contributed by atoms with E-state index in [1.807, 2.05) is 59.5 Å². The van der Waals surface area contributed by atoms with Gasteiger partial charge in [-0.15, -0.1) is 0 Å². The van der Waals surface area contributed by atoms with E-state index in [1.54, 1.807) is 29.2 Å². The summed E-state index contributed by atoms with van der Waals surface area (Å²) in [6.45, 7) is 5.41. The first kappa shape index (κ1) is 37.9. The fourth-order valence-corrected chi connectivity index (χ4v) is 9.36. The molecule has 1 aromatic heterocycles. The lowest BCUT2D eigenvalue weighted by Crippen LogP contribution is -2.52. The molecule has 1 N–H and O–H groups in total. The second-order valence-corrected chi connectivity index (χ2v) is 16.2. The number of morpholine rings is 1. The van der Waals surface area contributed by atoms with Crippen LogP contribution in [0.25, 0.3) is 22.4 Å². The number of nitrogens with zero attached hydrogens (tertiary/aromatic N) is 4. The molecule has 0 bridgehead atoms. The first-order chi connectivity index (χ1) is 29.5. The molecule has 4 aliphatic heterocycles. The van der Waals surface area contributed by atoms with Gasteiger partial charge in [-0.1, -0.05) is 72.8 Å². The highest BCUT2D eigenvalue weighted by Crippen LogP contribution is 2.43. The van der Waals surface area contributed by atoms with Crippen molar-refractivity contribution >= 4 is 17.5 Å². The summed E-state index contributed by atoms with van der Waals surface area (Å²) >= 11 is 0. The quantitative estimate of drug-likeness (QED) is 0.157. The third-order valence-electron chi connectivity index (χ3n) is 12.5. The first-order valence-corrected chi connectivity index (χ1v) is 21.1. The van der Waals surface area contributed by atoms with Crippen molar-refractivity contribution < 1.29 is 28.9 Å². The van der Waals surface area contributed by atoms with Gasteiger partial charge in [0.1, 0.15) is 5.75 Å². The van der Waals surface area contributed by atoms with Crippen LogP contribution in [0, 0.1) is 0 Å². The molecule has 10 heteroatoms. The van der Waals surface area contributed by atoms with Crippen LogP contribution >= 0.6 is 0 Å². The van der Waals surface area contributed by atoms with Crippen LogP contribution in [-0.4, -0.2) is 77.0 Å². The summed E-state index contributed by atoms with van der Waals surface area (Å²) in [5.74, 6) is 1.04. The maximum absolute atomic E-state index is 15.3. The molecule has 0 unspecified atom stereocenters. The van der Waals surface area contributed by atoms with E-state index in [-0.39, 0.29) is 30.4 Å². The highest BCUT2D eigenvalue weighted by molar-refractivity contribution is 6.09. The molecule has 10 rings (SSSR count). The lowest BCUT2D eigenvalue weighted by atomic mass is 9.92. The van der Waals surface area contributed by atoms with E-state index in [2.05, 4.69) is 51.9 Å². The molecule has 0 saturated carbocycles. The molecule has 0 aliphatic carbocycles. The van der Waals surface area contributed by atoms with Gasteiger partial charge in [-0.25, -0.2) is 0 Å². The Balaban J connectivity index is 1.05. The van der Waals surface area contributed by atoms with E-state index < -0.39 is 0 Å². The van der Waals surface area contributed by atoms with Crippen molar-refractivity contribution in [2.75, 3.05) is 44.5 Å². The van der Waals surface area contributed by atoms with E-state index in [4.69, 9.17) is 14.2 Å². The molecule has 1 atom stereocenters. The number of benzene rings is 5. The molecule has 2 amide bonds. The number of hydrogen-bond acceptors (Lipinski definition) is 7. The summed E-state index contributed by atoms with van der Waals surface area (Å²) in [5, 5.41) is 10.2. The Bertz CT molecular complexity index is 2540. The zero-order valence-corrected chi connectivity index (χ0v) is 33.6. The Morgan fingerprint density at radius 1 is 0.733 bits per heavy atom. The maximum Gasteiger partial charge on any atom is 0.260 e. The van der Waals surface area contributed by atoms with E-state index in [1.165, 1.54) is 5.56 Å². The Morgan fingerprint density at radius 2 is 1.48 bits per heavy atom. The Morgan fingerprint density at radius 3 is 2.30 bits per heavy atom. The largest absolute Gasteiger partial charge is 0.508 e. The number of phenolic OH excluding ortho intramolecular Hbond substituents is 1. The van der Waals surface area contributed by atoms with Crippen LogP contribution in [0.5, 0.6) is 17.2 Å². The predicted molar refractivity (Wildman–Crippen MR) is 230 cm³/mol. The Hall–Kier alpha value is -6.36. The van der Waals surface area contributed by atoms with Gasteiger partial charge in [0.2, 0.25) is 6.79 Å². The third-order valence-corrected chi connectivity index (χ3v) is 12.5. The SMILES string of the molecule is O=C(c1cc(-c2cc3c(cc2C(=O)N2Cc4ccccc4C[C@H]2CN2CCOCC2)OCO3)n2c1CCCC2)N(Cc1cccc(-c2ccccc2)c1)c1ccc(O)cc1. The number of carbonyl (C=O) groups excluding carboxylic acids is 2. The van der Waals surface area contributed by atoms with Crippen LogP contribution in [0.4, 0.5) is 5.69 Å². The van der Waals surface area contributed by atoms with Crippen molar-refractivity contribution in [3.05, 3.63) is 155 Å². The van der Waals surface area contributed by atoms with Crippen molar-refractivity contribution in [1.29, 1.82) is 0 Å². The van der Waals surface area contributed by atoms with Crippen molar-refractivity contribution in [3.8, 4) is 39.6 Å². The zero-order chi connectivity index (χ0) is 40.6. The number of anilines is 1. The summed E-state index contributed by atoms with van der Waals surface area (Å²) in [5.41, 5.74) is 9.88. The number of fused-ring (bicyclic) bond motifs is 3. The number of rotatable bonds is 9. The molecule has 0 radical (unpaired) electrons. The number of amides is 2. The summed E-state index contributed by atoms with van der Waals surface area (Å²) in [6, 6.07) is 39.5. The third kappa shape index (κ3) is 7.41. The number of ether oxygens (including phenoxy) is 3. The van der Waals surface area contributed by atoms with Crippen LogP contribution in [0.3, 0.4) is 0 Å². The molecule has 10 nitrogen and oxygen atoms in total. The van der Waals surface area contributed by atoms with E-state index in [0.29, 0.717) is 54.6 Å². The van der Waals surface area contributed by atoms with Crippen molar-refractivity contribution in [2.45, 2.75) is 51.4 Å². The lowest BCUT2D eigenvalue weighted by molar-refractivity contribution is 0.0193. The van der Waals surface area contributed by atoms with Gasteiger partial charge in [-0.2, -0.15) is 0 Å². The summed E-state index contributed by atoms with van der Waals surface area (Å²) < 4.78 is 19.8. The van der Waals surface area contributed by atoms with E-state index in [0.717, 1.165) is 91.1 Å². The van der Waals surface area contributed by atoms with Crippen molar-refractivity contribution in [2.24, 2.45) is 0 Å².